The van der Waals surface area contributed by atoms with Gasteiger partial charge in [0.05, 0.1) is 31.2 Å². The van der Waals surface area contributed by atoms with E-state index in [4.69, 9.17) is 16.3 Å². The van der Waals surface area contributed by atoms with E-state index in [0.29, 0.717) is 18.2 Å². The predicted octanol–water partition coefficient (Wildman–Crippen LogP) is -2.43. The number of β-lactam (4-membered cyclic amide) rings is 1. The number of thiazole rings is 1. The van der Waals surface area contributed by atoms with Crippen molar-refractivity contribution in [1.82, 2.24) is 34.9 Å². The Morgan fingerprint density at radius 2 is 2.07 bits per heavy atom. The molecule has 2 aromatic heterocycles. The van der Waals surface area contributed by atoms with Gasteiger partial charge in [0.2, 0.25) is 11.5 Å². The minimum absolute atomic E-state index is 0.000651. The van der Waals surface area contributed by atoms with Crippen molar-refractivity contribution in [1.29, 1.82) is 0 Å². The van der Waals surface area contributed by atoms with Crippen LogP contribution in [0.4, 0.5) is 5.13 Å². The van der Waals surface area contributed by atoms with Gasteiger partial charge in [-0.1, -0.05) is 5.16 Å². The number of Topliss-reactive ketones (excluding diaryl/α,β-unsaturated/α-hetero) is 1. The number of carboxylic acids is 1. The molecule has 2 aliphatic heterocycles. The van der Waals surface area contributed by atoms with Crippen molar-refractivity contribution in [2.75, 3.05) is 25.4 Å². The lowest BCUT2D eigenvalue weighted by molar-refractivity contribution is -0.153. The smallest absolute Gasteiger partial charge is 0.362 e. The summed E-state index contributed by atoms with van der Waals surface area (Å²) in [6, 6.07) is -1.23. The van der Waals surface area contributed by atoms with E-state index in [2.05, 4.69) is 36.0 Å². The summed E-state index contributed by atoms with van der Waals surface area (Å²) in [5.74, 6) is -3.59. The standard InChI is InChI=1S/C22H29N11O8S2/c23-20(26-6-11-4-25-5-11)27-7-12-8-28-32(30-12)9-15-13(18(35)33(15)43(38,39)40)3-16(34)17(14-10-42-21(24)29-14)31-41-22(1-2-22)19(36)37/h8,10-11,13,15,25H,1-7,9H2,(H2,24,29)(H,36,37)(H3,23,26,27)(H,38,39,40)/b31-17-/t13-,15+/m0/s1. The van der Waals surface area contributed by atoms with Crippen molar-refractivity contribution >= 4 is 56.1 Å². The summed E-state index contributed by atoms with van der Waals surface area (Å²) in [5.41, 5.74) is 10.0. The summed E-state index contributed by atoms with van der Waals surface area (Å²) in [6.45, 7) is 2.26. The number of nitrogen functional groups attached to an aromatic ring is 1. The highest BCUT2D eigenvalue weighted by molar-refractivity contribution is 7.84. The molecule has 19 nitrogen and oxygen atoms in total. The molecule has 0 radical (unpaired) electrons. The number of oxime groups is 1. The number of nitrogens with two attached hydrogens (primary N) is 2. The van der Waals surface area contributed by atoms with Crippen LogP contribution in [-0.2, 0) is 42.6 Å². The van der Waals surface area contributed by atoms with E-state index in [1.165, 1.54) is 11.6 Å². The number of rotatable bonds is 14. The topological polar surface area (TPSA) is 283 Å². The van der Waals surface area contributed by atoms with Crippen LogP contribution in [0.15, 0.2) is 21.7 Å². The van der Waals surface area contributed by atoms with Crippen LogP contribution in [0.25, 0.3) is 0 Å². The molecule has 232 valence electrons. The quantitative estimate of drug-likeness (QED) is 0.0412. The van der Waals surface area contributed by atoms with Crippen LogP contribution in [0.3, 0.4) is 0 Å². The third-order valence-electron chi connectivity index (χ3n) is 7.17. The van der Waals surface area contributed by atoms with Crippen LogP contribution >= 0.6 is 11.3 Å². The molecule has 2 saturated heterocycles. The molecule has 1 amide bonds. The van der Waals surface area contributed by atoms with Crippen LogP contribution in [-0.4, -0.2) is 103 Å². The van der Waals surface area contributed by atoms with Crippen LogP contribution < -0.4 is 22.1 Å². The van der Waals surface area contributed by atoms with Gasteiger partial charge in [0.25, 0.3) is 0 Å². The molecule has 3 fully saturated rings. The molecule has 3 aliphatic rings. The van der Waals surface area contributed by atoms with E-state index in [1.807, 2.05) is 0 Å². The molecule has 21 heteroatoms. The number of carbonyl (C=O) groups is 3. The highest BCUT2D eigenvalue weighted by atomic mass is 32.2. The van der Waals surface area contributed by atoms with Gasteiger partial charge in [0, 0.05) is 50.2 Å². The van der Waals surface area contributed by atoms with Crippen molar-refractivity contribution in [2.24, 2.45) is 27.7 Å². The number of anilines is 1. The van der Waals surface area contributed by atoms with Gasteiger partial charge in [-0.3, -0.25) is 14.1 Å². The first kappa shape index (κ1) is 30.3. The summed E-state index contributed by atoms with van der Waals surface area (Å²) in [6.07, 6.45) is 1.19. The Morgan fingerprint density at radius 1 is 1.33 bits per heavy atom. The second kappa shape index (κ2) is 11.8. The monoisotopic (exact) mass is 639 g/mol. The Kier molecular flexibility index (Phi) is 8.31. The van der Waals surface area contributed by atoms with Crippen molar-refractivity contribution < 1.29 is 37.3 Å². The van der Waals surface area contributed by atoms with Crippen LogP contribution in [0.5, 0.6) is 0 Å². The SMILES string of the molecule is NC(=NCc1cnn(C[C@@H]2[C@H](CC(=O)/C(=N\OC3(C(=O)O)CC3)c3csc(N)n3)C(=O)N2S(=O)(=O)O)n1)NCC1CNC1. The number of guanidine groups is 1. The third-order valence-corrected chi connectivity index (χ3v) is 8.79. The van der Waals surface area contributed by atoms with E-state index in [1.54, 1.807) is 0 Å². The van der Waals surface area contributed by atoms with Crippen LogP contribution in [0, 0.1) is 11.8 Å². The zero-order valence-electron chi connectivity index (χ0n) is 22.5. The fraction of sp³-hybridized carbons (Fsp3) is 0.545. The first-order chi connectivity index (χ1) is 20.4. The lowest BCUT2D eigenvalue weighted by Crippen LogP contribution is -2.64. The van der Waals surface area contributed by atoms with Crippen molar-refractivity contribution in [3.63, 3.8) is 0 Å². The zero-order chi connectivity index (χ0) is 30.9. The lowest BCUT2D eigenvalue weighted by Gasteiger charge is -2.43. The molecule has 0 unspecified atom stereocenters. The molecular formula is C22H29N11O8S2. The Morgan fingerprint density at radius 3 is 2.65 bits per heavy atom. The molecule has 0 aromatic carbocycles. The average Bonchev–Trinajstić information content (AvgIpc) is 3.37. The number of hydrogen-bond acceptors (Lipinski definition) is 14. The highest BCUT2D eigenvalue weighted by Gasteiger charge is 2.56. The van der Waals surface area contributed by atoms with Gasteiger partial charge in [-0.15, -0.1) is 11.3 Å². The van der Waals surface area contributed by atoms with Gasteiger partial charge in [0.15, 0.2) is 22.6 Å². The van der Waals surface area contributed by atoms with Gasteiger partial charge in [-0.2, -0.15) is 23.4 Å². The summed E-state index contributed by atoms with van der Waals surface area (Å²) in [4.78, 5) is 52.2. The van der Waals surface area contributed by atoms with Gasteiger partial charge in [-0.25, -0.2) is 19.1 Å². The van der Waals surface area contributed by atoms with E-state index in [0.717, 1.165) is 29.2 Å². The predicted molar refractivity (Wildman–Crippen MR) is 149 cm³/mol. The number of nitrogens with one attached hydrogen (secondary N) is 2. The molecule has 2 aromatic rings. The molecule has 1 aliphatic carbocycles. The molecule has 2 atom stereocenters. The Bertz CT molecular complexity index is 1580. The maximum absolute atomic E-state index is 13.3. The first-order valence-corrected chi connectivity index (χ1v) is 15.3. The molecular weight excluding hydrogens is 610 g/mol. The molecule has 0 bridgehead atoms. The van der Waals surface area contributed by atoms with Crippen molar-refractivity contribution in [2.45, 2.75) is 44.0 Å². The fourth-order valence-electron chi connectivity index (χ4n) is 4.43. The van der Waals surface area contributed by atoms with E-state index >= 15 is 0 Å². The third kappa shape index (κ3) is 6.73. The number of aliphatic carboxylic acids is 1. The Balaban J connectivity index is 1.28. The van der Waals surface area contributed by atoms with E-state index < -0.39 is 51.9 Å². The van der Waals surface area contributed by atoms with Crippen LogP contribution in [0.2, 0.25) is 0 Å². The maximum Gasteiger partial charge on any atom is 0.362 e. The number of ketones is 1. The normalized spacial score (nSPS) is 22.1. The van der Waals surface area contributed by atoms with Crippen LogP contribution in [0.1, 0.15) is 30.7 Å². The van der Waals surface area contributed by atoms with E-state index in [9.17, 15) is 32.5 Å². The largest absolute Gasteiger partial charge is 0.478 e. The number of nitrogens with zero attached hydrogens (tertiary/aromatic N) is 7. The number of aromatic nitrogens is 4. The fourth-order valence-corrected chi connectivity index (χ4v) is 5.90. The minimum Gasteiger partial charge on any atom is -0.478 e. The maximum atomic E-state index is 13.3. The second-order valence-electron chi connectivity index (χ2n) is 10.3. The van der Waals surface area contributed by atoms with E-state index in [-0.39, 0.29) is 52.7 Å². The molecule has 5 rings (SSSR count). The van der Waals surface area contributed by atoms with Gasteiger partial charge < -0.3 is 32.0 Å². The Hall–Kier alpha value is -4.21. The minimum atomic E-state index is -4.97. The lowest BCUT2D eigenvalue weighted by atomic mass is 9.84. The molecule has 1 saturated carbocycles. The van der Waals surface area contributed by atoms with Crippen molar-refractivity contribution in [3.05, 3.63) is 23.0 Å². The molecule has 43 heavy (non-hydrogen) atoms. The Labute approximate surface area is 248 Å². The summed E-state index contributed by atoms with van der Waals surface area (Å²) in [7, 11) is -4.97. The number of amides is 1. The number of carbonyl (C=O) groups excluding carboxylic acids is 2. The highest BCUT2D eigenvalue weighted by Crippen LogP contribution is 2.40. The second-order valence-corrected chi connectivity index (χ2v) is 12.5. The van der Waals surface area contributed by atoms with Crippen molar-refractivity contribution in [3.8, 4) is 0 Å². The summed E-state index contributed by atoms with van der Waals surface area (Å²) < 4.78 is 33.9. The number of carboxylic acid groups (broad SMARTS) is 1. The average molecular weight is 640 g/mol. The van der Waals surface area contributed by atoms with Gasteiger partial charge in [-0.05, 0) is 0 Å². The summed E-state index contributed by atoms with van der Waals surface area (Å²) in [5, 5.41) is 29.1. The van der Waals surface area contributed by atoms with Gasteiger partial charge >= 0.3 is 16.3 Å². The molecule has 0 spiro atoms. The van der Waals surface area contributed by atoms with Gasteiger partial charge in [0.1, 0.15) is 11.4 Å². The first-order valence-electron chi connectivity index (χ1n) is 13.0. The number of aliphatic imine (C=N–C) groups is 1. The molecule has 4 heterocycles. The zero-order valence-corrected chi connectivity index (χ0v) is 24.1. The summed E-state index contributed by atoms with van der Waals surface area (Å²) >= 11 is 0.997. The number of hydrogen-bond donors (Lipinski definition) is 6. The molecule has 8 N–H and O–H groups in total.